The summed E-state index contributed by atoms with van der Waals surface area (Å²) in [6.45, 7) is 1.97. The molecule has 1 aliphatic heterocycles. The van der Waals surface area contributed by atoms with Crippen LogP contribution in [0.3, 0.4) is 0 Å². The molecule has 0 bridgehead atoms. The minimum Gasteiger partial charge on any atom is -0.872 e. The summed E-state index contributed by atoms with van der Waals surface area (Å²) in [4.78, 5) is 0. The summed E-state index contributed by atoms with van der Waals surface area (Å²) in [5, 5.41) is 12.1. The van der Waals surface area contributed by atoms with Crippen molar-refractivity contribution in [3.8, 4) is 5.75 Å². The Morgan fingerprint density at radius 1 is 1.08 bits per heavy atom. The number of aryl methyl sites for hydroxylation is 1. The van der Waals surface area contributed by atoms with Crippen molar-refractivity contribution in [1.29, 1.82) is 0 Å². The summed E-state index contributed by atoms with van der Waals surface area (Å²) in [5.74, 6) is 1.21. The van der Waals surface area contributed by atoms with Crippen LogP contribution in [0.1, 0.15) is 11.1 Å². The Morgan fingerprint density at radius 3 is 2.33 bits per heavy atom. The normalized spacial score (nSPS) is 14.2. The second kappa shape index (κ2) is 8.29. The summed E-state index contributed by atoms with van der Waals surface area (Å²) < 4.78 is 6.72. The first-order chi connectivity index (χ1) is 11.1. The molecule has 0 radical (unpaired) electrons. The van der Waals surface area contributed by atoms with E-state index in [0.717, 1.165) is 15.6 Å². The van der Waals surface area contributed by atoms with Crippen LogP contribution in [-0.4, -0.2) is 0 Å². The van der Waals surface area contributed by atoms with Crippen LogP contribution in [-0.2, 0) is 17.1 Å². The van der Waals surface area contributed by atoms with Gasteiger partial charge in [0.05, 0.1) is 0 Å². The van der Waals surface area contributed by atoms with Crippen LogP contribution < -0.4 is 9.84 Å². The van der Waals surface area contributed by atoms with E-state index in [4.69, 9.17) is 4.74 Å². The number of rotatable bonds is 0. The van der Waals surface area contributed by atoms with Crippen LogP contribution >= 0.6 is 15.9 Å². The molecule has 2 nitrogen and oxygen atoms in total. The van der Waals surface area contributed by atoms with Gasteiger partial charge in [-0.05, 0) is 30.7 Å². The van der Waals surface area contributed by atoms with E-state index in [-0.39, 0.29) is 22.8 Å². The Labute approximate surface area is 160 Å². The maximum atomic E-state index is 12.1. The quantitative estimate of drug-likeness (QED) is 0.457. The van der Waals surface area contributed by atoms with E-state index in [9.17, 15) is 5.11 Å². The molecule has 1 aliphatic carbocycles. The summed E-state index contributed by atoms with van der Waals surface area (Å²) in [6, 6.07) is 13.7. The molecular formula is C20H15BrFeO2. The SMILES string of the molecule is Cc1cc2c(cc1Br)C([O-])=CC(=C1C=CC=C1)O2.[Fe+2].c1cc[cH-]c1. The third-order valence-corrected chi connectivity index (χ3v) is 4.37. The van der Waals surface area contributed by atoms with Gasteiger partial charge in [-0.2, -0.15) is 18.2 Å². The van der Waals surface area contributed by atoms with E-state index in [0.29, 0.717) is 17.1 Å². The van der Waals surface area contributed by atoms with Crippen molar-refractivity contribution in [2.45, 2.75) is 6.92 Å². The fourth-order valence-corrected chi connectivity index (χ4v) is 2.62. The Bertz CT molecular complexity index is 796. The predicted octanol–water partition coefficient (Wildman–Crippen LogP) is 4.63. The van der Waals surface area contributed by atoms with Gasteiger partial charge in [0.25, 0.3) is 0 Å². The molecule has 0 aromatic heterocycles. The minimum absolute atomic E-state index is 0. The summed E-state index contributed by atoms with van der Waals surface area (Å²) in [5.41, 5.74) is 2.57. The van der Waals surface area contributed by atoms with Crippen molar-refractivity contribution in [3.63, 3.8) is 0 Å². The van der Waals surface area contributed by atoms with Gasteiger partial charge in [0.2, 0.25) is 0 Å². The molecule has 0 unspecified atom stereocenters. The molecule has 0 spiro atoms. The van der Waals surface area contributed by atoms with Crippen LogP contribution in [0.25, 0.3) is 5.76 Å². The van der Waals surface area contributed by atoms with Crippen molar-refractivity contribution in [3.05, 3.63) is 99.8 Å². The monoisotopic (exact) mass is 422 g/mol. The van der Waals surface area contributed by atoms with Gasteiger partial charge in [-0.25, -0.2) is 12.1 Å². The molecule has 0 amide bonds. The first-order valence-corrected chi connectivity index (χ1v) is 8.07. The van der Waals surface area contributed by atoms with Crippen LogP contribution in [0.2, 0.25) is 0 Å². The van der Waals surface area contributed by atoms with E-state index in [2.05, 4.69) is 15.9 Å². The van der Waals surface area contributed by atoms with Gasteiger partial charge in [-0.1, -0.05) is 46.0 Å². The fraction of sp³-hybridized carbons (Fsp3) is 0.0500. The third-order valence-electron chi connectivity index (χ3n) is 3.51. The molecule has 2 aliphatic rings. The zero-order chi connectivity index (χ0) is 16.2. The molecule has 24 heavy (non-hydrogen) atoms. The average molecular weight is 423 g/mol. The molecule has 122 valence electrons. The van der Waals surface area contributed by atoms with E-state index < -0.39 is 0 Å². The number of ether oxygens (including phenoxy) is 1. The van der Waals surface area contributed by atoms with Crippen molar-refractivity contribution in [2.75, 3.05) is 0 Å². The van der Waals surface area contributed by atoms with E-state index in [1.807, 2.05) is 73.7 Å². The maximum Gasteiger partial charge on any atom is 2.00 e. The van der Waals surface area contributed by atoms with Gasteiger partial charge in [0.1, 0.15) is 11.5 Å². The van der Waals surface area contributed by atoms with E-state index in [1.54, 1.807) is 6.08 Å². The van der Waals surface area contributed by atoms with Gasteiger partial charge >= 0.3 is 17.1 Å². The predicted molar refractivity (Wildman–Crippen MR) is 94.8 cm³/mol. The Morgan fingerprint density at radius 2 is 1.75 bits per heavy atom. The largest absolute Gasteiger partial charge is 2.00 e. The standard InChI is InChI=1S/C15H11BrO2.C5H5.Fe/c1-9-6-15-11(7-12(9)16)13(17)8-14(18-15)10-4-2-3-5-10;1-2-4-5-3-1;/h2-8,17H,1H3;1-5H;/q;-1;+2/p-1. The number of allylic oxidation sites excluding steroid dienone is 6. The first-order valence-electron chi connectivity index (χ1n) is 7.28. The van der Waals surface area contributed by atoms with Crippen molar-refractivity contribution < 1.29 is 26.9 Å². The summed E-state index contributed by atoms with van der Waals surface area (Å²) >= 11 is 3.43. The maximum absolute atomic E-state index is 12.1. The summed E-state index contributed by atoms with van der Waals surface area (Å²) in [7, 11) is 0. The fourth-order valence-electron chi connectivity index (χ4n) is 2.28. The van der Waals surface area contributed by atoms with Crippen LogP contribution in [0, 0.1) is 6.92 Å². The third kappa shape index (κ3) is 4.15. The van der Waals surface area contributed by atoms with Gasteiger partial charge in [-0.15, -0.1) is 0 Å². The van der Waals surface area contributed by atoms with Gasteiger partial charge in [-0.3, -0.25) is 0 Å². The second-order valence-corrected chi connectivity index (χ2v) is 6.06. The molecule has 4 heteroatoms. The molecule has 0 atom stereocenters. The smallest absolute Gasteiger partial charge is 0.872 e. The van der Waals surface area contributed by atoms with Crippen molar-refractivity contribution >= 4 is 21.7 Å². The van der Waals surface area contributed by atoms with Gasteiger partial charge < -0.3 is 9.84 Å². The van der Waals surface area contributed by atoms with Crippen LogP contribution in [0.15, 0.2) is 88.6 Å². The van der Waals surface area contributed by atoms with E-state index >= 15 is 0 Å². The van der Waals surface area contributed by atoms with E-state index in [1.165, 1.54) is 0 Å². The Hall–Kier alpha value is -1.87. The molecule has 0 N–H and O–H groups in total. The molecule has 0 saturated carbocycles. The molecule has 0 saturated heterocycles. The number of hydrogen-bond acceptors (Lipinski definition) is 2. The van der Waals surface area contributed by atoms with Gasteiger partial charge in [0, 0.05) is 15.6 Å². The Balaban J connectivity index is 0.000000300. The second-order valence-electron chi connectivity index (χ2n) is 5.21. The first kappa shape index (κ1) is 18.5. The summed E-state index contributed by atoms with van der Waals surface area (Å²) in [6.07, 6.45) is 9.24. The van der Waals surface area contributed by atoms with Crippen molar-refractivity contribution in [2.24, 2.45) is 0 Å². The number of hydrogen-bond donors (Lipinski definition) is 0. The molecule has 0 fully saturated rings. The zero-order valence-corrected chi connectivity index (χ0v) is 15.7. The number of benzene rings is 1. The topological polar surface area (TPSA) is 32.3 Å². The van der Waals surface area contributed by atoms with Gasteiger partial charge in [0.15, 0.2) is 0 Å². The van der Waals surface area contributed by atoms with Crippen molar-refractivity contribution in [1.82, 2.24) is 0 Å². The molecule has 2 aromatic rings. The average Bonchev–Trinajstić information content (AvgIpc) is 3.25. The number of fused-ring (bicyclic) bond motifs is 1. The molecule has 4 rings (SSSR count). The van der Waals surface area contributed by atoms with Crippen LogP contribution in [0.4, 0.5) is 0 Å². The Kier molecular flexibility index (Phi) is 6.38. The molecule has 1 heterocycles. The zero-order valence-electron chi connectivity index (χ0n) is 13.0. The minimum atomic E-state index is -0.0202. The molecule has 2 aromatic carbocycles. The van der Waals surface area contributed by atoms with Crippen LogP contribution in [0.5, 0.6) is 5.75 Å². The molecular weight excluding hydrogens is 408 g/mol. The number of halogens is 1.